The van der Waals surface area contributed by atoms with Gasteiger partial charge in [0.05, 0.1) is 33.1 Å². The number of benzene rings is 2. The minimum absolute atomic E-state index is 0.0177. The van der Waals surface area contributed by atoms with E-state index < -0.39 is 11.7 Å². The number of nitrogens with zero attached hydrogens (tertiary/aromatic N) is 4. The smallest absolute Gasteiger partial charge is 0.416 e. The maximum Gasteiger partial charge on any atom is 0.416 e. The van der Waals surface area contributed by atoms with Crippen LogP contribution in [0, 0.1) is 0 Å². The van der Waals surface area contributed by atoms with Crippen LogP contribution in [0.25, 0.3) is 0 Å². The zero-order valence-corrected chi connectivity index (χ0v) is 18.7. The van der Waals surface area contributed by atoms with Crippen LogP contribution in [0.2, 0.25) is 0 Å². The van der Waals surface area contributed by atoms with E-state index in [2.05, 4.69) is 36.1 Å². The van der Waals surface area contributed by atoms with Gasteiger partial charge in [-0.1, -0.05) is 6.07 Å². The highest BCUT2D eigenvalue weighted by Gasteiger charge is 2.30. The number of hydrogen-bond acceptors (Lipinski definition) is 10. The Kier molecular flexibility index (Phi) is 7.56. The van der Waals surface area contributed by atoms with Gasteiger partial charge in [0.15, 0.2) is 11.5 Å². The molecule has 3 N–H and O–H groups in total. The van der Waals surface area contributed by atoms with Gasteiger partial charge in [-0.25, -0.2) is 5.43 Å². The molecule has 0 saturated carbocycles. The summed E-state index contributed by atoms with van der Waals surface area (Å²) in [4.78, 5) is 12.4. The van der Waals surface area contributed by atoms with Crippen LogP contribution in [0.1, 0.15) is 11.1 Å². The second-order valence-electron chi connectivity index (χ2n) is 6.59. The predicted octanol–water partition coefficient (Wildman–Crippen LogP) is 4.15. The summed E-state index contributed by atoms with van der Waals surface area (Å²) in [5.74, 6) is 1.59. The number of anilines is 4. The van der Waals surface area contributed by atoms with E-state index in [0.29, 0.717) is 22.8 Å². The third-order valence-electron chi connectivity index (χ3n) is 4.37. The fraction of sp³-hybridized carbons (Fsp3) is 0.238. The van der Waals surface area contributed by atoms with Crippen molar-refractivity contribution >= 4 is 29.7 Å². The Balaban J connectivity index is 1.81. The lowest BCUT2D eigenvalue weighted by Gasteiger charge is -2.12. The zero-order valence-electron chi connectivity index (χ0n) is 18.7. The largest absolute Gasteiger partial charge is 0.493 e. The van der Waals surface area contributed by atoms with Crippen molar-refractivity contribution in [3.05, 3.63) is 47.5 Å². The second-order valence-corrected chi connectivity index (χ2v) is 6.59. The van der Waals surface area contributed by atoms with Crippen molar-refractivity contribution in [1.29, 1.82) is 0 Å². The normalized spacial score (nSPS) is 11.3. The molecule has 0 bridgehead atoms. The Labute approximate surface area is 193 Å². The maximum atomic E-state index is 13.0. The summed E-state index contributed by atoms with van der Waals surface area (Å²) in [6.07, 6.45) is -2.99. The molecule has 0 saturated heterocycles. The van der Waals surface area contributed by atoms with Gasteiger partial charge < -0.3 is 24.8 Å². The number of halogens is 3. The van der Waals surface area contributed by atoms with Crippen molar-refractivity contribution in [3.63, 3.8) is 0 Å². The Morgan fingerprint density at radius 2 is 1.53 bits per heavy atom. The SMILES string of the molecule is CNc1nc(NN=Cc2cc(OC)c(OC)c(OC)c2)nc(Nc2cccc(C(F)(F)F)c2)n1. The number of methoxy groups -OCH3 is 3. The quantitative estimate of drug-likeness (QED) is 0.309. The van der Waals surface area contributed by atoms with Gasteiger partial charge in [0, 0.05) is 18.3 Å². The number of nitrogens with one attached hydrogen (secondary N) is 3. The lowest BCUT2D eigenvalue weighted by atomic mass is 10.2. The molecule has 3 aromatic rings. The van der Waals surface area contributed by atoms with Crippen LogP contribution in [0.4, 0.5) is 36.7 Å². The lowest BCUT2D eigenvalue weighted by Crippen LogP contribution is -2.08. The third kappa shape index (κ3) is 5.94. The third-order valence-corrected chi connectivity index (χ3v) is 4.37. The molecule has 0 radical (unpaired) electrons. The summed E-state index contributed by atoms with van der Waals surface area (Å²) in [5.41, 5.74) is 2.66. The van der Waals surface area contributed by atoms with Crippen molar-refractivity contribution in [2.45, 2.75) is 6.18 Å². The molecule has 1 aromatic heterocycles. The summed E-state index contributed by atoms with van der Waals surface area (Å²) in [5, 5.41) is 9.60. The molecule has 180 valence electrons. The Hall–Kier alpha value is -4.29. The van der Waals surface area contributed by atoms with Crippen molar-refractivity contribution in [3.8, 4) is 17.2 Å². The van der Waals surface area contributed by atoms with E-state index in [1.165, 1.54) is 39.7 Å². The standard InChI is InChI=1S/C21H22F3N7O3/c1-25-18-28-19(27-14-7-5-6-13(10-14)21(22,23)24)30-20(29-18)31-26-11-12-8-15(32-2)17(34-4)16(9-12)33-3/h5-11H,1-4H3,(H3,25,27,28,29,30,31). The molecule has 0 fully saturated rings. The number of hydrazone groups is 1. The molecule has 34 heavy (non-hydrogen) atoms. The van der Waals surface area contributed by atoms with Crippen LogP contribution in [-0.2, 0) is 6.18 Å². The van der Waals surface area contributed by atoms with E-state index in [1.54, 1.807) is 19.2 Å². The first-order valence-corrected chi connectivity index (χ1v) is 9.74. The van der Waals surface area contributed by atoms with Gasteiger partial charge in [-0.2, -0.15) is 33.2 Å². The Bertz CT molecular complexity index is 1150. The van der Waals surface area contributed by atoms with Crippen LogP contribution < -0.4 is 30.3 Å². The van der Waals surface area contributed by atoms with Crippen LogP contribution in [0.3, 0.4) is 0 Å². The highest BCUT2D eigenvalue weighted by atomic mass is 19.4. The fourth-order valence-corrected chi connectivity index (χ4v) is 2.84. The topological polar surface area (TPSA) is 115 Å². The van der Waals surface area contributed by atoms with Crippen molar-refractivity contribution in [1.82, 2.24) is 15.0 Å². The highest BCUT2D eigenvalue weighted by Crippen LogP contribution is 2.37. The number of aromatic nitrogens is 3. The summed E-state index contributed by atoms with van der Waals surface area (Å²) in [6, 6.07) is 8.07. The van der Waals surface area contributed by atoms with E-state index in [4.69, 9.17) is 14.2 Å². The van der Waals surface area contributed by atoms with E-state index in [0.717, 1.165) is 12.1 Å². The summed E-state index contributed by atoms with van der Waals surface area (Å²) in [6.45, 7) is 0. The monoisotopic (exact) mass is 477 g/mol. The molecule has 2 aromatic carbocycles. The Morgan fingerprint density at radius 1 is 0.882 bits per heavy atom. The molecule has 0 aliphatic carbocycles. The molecular weight excluding hydrogens is 455 g/mol. The average Bonchev–Trinajstić information content (AvgIpc) is 2.82. The number of hydrogen-bond donors (Lipinski definition) is 3. The molecule has 10 nitrogen and oxygen atoms in total. The van der Waals surface area contributed by atoms with Crippen molar-refractivity contribution in [2.75, 3.05) is 44.4 Å². The fourth-order valence-electron chi connectivity index (χ4n) is 2.84. The second kappa shape index (κ2) is 10.6. The number of rotatable bonds is 9. The molecular formula is C21H22F3N7O3. The van der Waals surface area contributed by atoms with Crippen LogP contribution in [0.5, 0.6) is 17.2 Å². The number of alkyl halides is 3. The molecule has 13 heteroatoms. The molecule has 1 heterocycles. The average molecular weight is 477 g/mol. The van der Waals surface area contributed by atoms with Gasteiger partial charge in [0.2, 0.25) is 23.6 Å². The zero-order chi connectivity index (χ0) is 24.7. The molecule has 0 aliphatic heterocycles. The van der Waals surface area contributed by atoms with Crippen molar-refractivity contribution < 1.29 is 27.4 Å². The van der Waals surface area contributed by atoms with E-state index in [-0.39, 0.29) is 23.5 Å². The highest BCUT2D eigenvalue weighted by molar-refractivity contribution is 5.83. The first-order valence-electron chi connectivity index (χ1n) is 9.74. The maximum absolute atomic E-state index is 13.0. The summed E-state index contributed by atoms with van der Waals surface area (Å²) in [7, 11) is 6.09. The van der Waals surface area contributed by atoms with Crippen LogP contribution >= 0.6 is 0 Å². The van der Waals surface area contributed by atoms with Gasteiger partial charge in [0.25, 0.3) is 0 Å². The van der Waals surface area contributed by atoms with E-state index in [1.807, 2.05) is 0 Å². The first kappa shape index (κ1) is 24.4. The van der Waals surface area contributed by atoms with Crippen LogP contribution in [0.15, 0.2) is 41.5 Å². The van der Waals surface area contributed by atoms with Crippen LogP contribution in [-0.4, -0.2) is 49.5 Å². The molecule has 0 amide bonds. The molecule has 0 atom stereocenters. The Morgan fingerprint density at radius 3 is 2.12 bits per heavy atom. The van der Waals surface area contributed by atoms with Gasteiger partial charge in [-0.05, 0) is 30.3 Å². The molecule has 0 unspecified atom stereocenters. The number of ether oxygens (including phenoxy) is 3. The lowest BCUT2D eigenvalue weighted by molar-refractivity contribution is -0.137. The molecule has 0 aliphatic rings. The van der Waals surface area contributed by atoms with E-state index in [9.17, 15) is 13.2 Å². The molecule has 0 spiro atoms. The van der Waals surface area contributed by atoms with E-state index >= 15 is 0 Å². The van der Waals surface area contributed by atoms with Gasteiger partial charge in [-0.3, -0.25) is 0 Å². The summed E-state index contributed by atoms with van der Waals surface area (Å²) < 4.78 is 54.8. The van der Waals surface area contributed by atoms with Crippen molar-refractivity contribution in [2.24, 2.45) is 5.10 Å². The summed E-state index contributed by atoms with van der Waals surface area (Å²) >= 11 is 0. The molecule has 3 rings (SSSR count). The van der Waals surface area contributed by atoms with Gasteiger partial charge in [-0.15, -0.1) is 0 Å². The first-order chi connectivity index (χ1) is 16.3. The van der Waals surface area contributed by atoms with Gasteiger partial charge in [0.1, 0.15) is 0 Å². The predicted molar refractivity (Wildman–Crippen MR) is 121 cm³/mol. The van der Waals surface area contributed by atoms with Gasteiger partial charge >= 0.3 is 6.18 Å². The minimum Gasteiger partial charge on any atom is -0.493 e. The minimum atomic E-state index is -4.47.